The number of amides is 1. The second-order valence-corrected chi connectivity index (χ2v) is 9.35. The summed E-state index contributed by atoms with van der Waals surface area (Å²) in [4.78, 5) is 14.3. The zero-order valence-corrected chi connectivity index (χ0v) is 15.4. The van der Waals surface area contributed by atoms with Gasteiger partial charge in [-0.25, -0.2) is 0 Å². The van der Waals surface area contributed by atoms with Crippen molar-refractivity contribution in [3.63, 3.8) is 0 Å². The van der Waals surface area contributed by atoms with Crippen molar-refractivity contribution in [3.8, 4) is 5.00 Å². The van der Waals surface area contributed by atoms with Crippen LogP contribution in [0.5, 0.6) is 0 Å². The molecule has 2 aromatic rings. The maximum atomic E-state index is 13.2. The van der Waals surface area contributed by atoms with E-state index in [1.165, 1.54) is 32.1 Å². The Labute approximate surface area is 151 Å². The molecule has 4 aliphatic rings. The molecule has 4 bridgehead atoms. The molecule has 0 aliphatic heterocycles. The molecule has 2 heterocycles. The Kier molecular flexibility index (Phi) is 3.48. The van der Waals surface area contributed by atoms with Gasteiger partial charge in [-0.05, 0) is 85.6 Å². The van der Waals surface area contributed by atoms with Gasteiger partial charge in [-0.1, -0.05) is 0 Å². The zero-order valence-electron chi connectivity index (χ0n) is 14.6. The predicted octanol–water partition coefficient (Wildman–Crippen LogP) is 2.90. The molecule has 4 aliphatic carbocycles. The van der Waals surface area contributed by atoms with Crippen molar-refractivity contribution >= 4 is 17.2 Å². The van der Waals surface area contributed by atoms with Crippen molar-refractivity contribution in [2.75, 3.05) is 0 Å². The Morgan fingerprint density at radius 1 is 1.16 bits per heavy atom. The predicted molar refractivity (Wildman–Crippen MR) is 94.8 cm³/mol. The molecule has 6 rings (SSSR count). The Bertz CT molecular complexity index is 784. The summed E-state index contributed by atoms with van der Waals surface area (Å²) in [6, 6.07) is 0.349. The van der Waals surface area contributed by atoms with Crippen molar-refractivity contribution in [1.82, 2.24) is 25.5 Å². The highest BCUT2D eigenvalue weighted by Gasteiger charge is 2.48. The van der Waals surface area contributed by atoms with Crippen LogP contribution in [0.4, 0.5) is 0 Å². The van der Waals surface area contributed by atoms with E-state index in [0.29, 0.717) is 17.9 Å². The van der Waals surface area contributed by atoms with Crippen LogP contribution in [0, 0.1) is 37.5 Å². The van der Waals surface area contributed by atoms with Crippen LogP contribution in [0.25, 0.3) is 5.00 Å². The molecule has 0 spiro atoms. The van der Waals surface area contributed by atoms with Crippen molar-refractivity contribution in [3.05, 3.63) is 22.3 Å². The topological polar surface area (TPSA) is 72.7 Å². The summed E-state index contributed by atoms with van der Waals surface area (Å²) in [7, 11) is 0. The number of thiophene rings is 1. The average molecular weight is 357 g/mol. The fourth-order valence-electron chi connectivity index (χ4n) is 5.68. The van der Waals surface area contributed by atoms with Crippen LogP contribution in [-0.4, -0.2) is 32.2 Å². The number of carbonyl (C=O) groups is 1. The fraction of sp³-hybridized carbons (Fsp3) is 0.667. The number of nitrogens with zero attached hydrogens (tertiary/aromatic N) is 4. The number of aromatic nitrogens is 4. The van der Waals surface area contributed by atoms with Gasteiger partial charge in [0.15, 0.2) is 0 Å². The molecule has 7 heteroatoms. The molecule has 2 aromatic heterocycles. The van der Waals surface area contributed by atoms with Gasteiger partial charge in [0, 0.05) is 10.9 Å². The Morgan fingerprint density at radius 2 is 1.84 bits per heavy atom. The lowest BCUT2D eigenvalue weighted by molar-refractivity contribution is -0.0119. The first-order valence-electron chi connectivity index (χ1n) is 9.24. The average Bonchev–Trinajstić information content (AvgIpc) is 3.19. The second kappa shape index (κ2) is 5.62. The Morgan fingerprint density at radius 3 is 2.44 bits per heavy atom. The number of rotatable bonds is 3. The number of hydrogen-bond donors (Lipinski definition) is 1. The van der Waals surface area contributed by atoms with Gasteiger partial charge < -0.3 is 5.32 Å². The number of carbonyl (C=O) groups excluding carboxylic acids is 1. The summed E-state index contributed by atoms with van der Waals surface area (Å²) in [6.45, 7) is 4.07. The van der Waals surface area contributed by atoms with Gasteiger partial charge >= 0.3 is 0 Å². The van der Waals surface area contributed by atoms with E-state index in [1.807, 2.05) is 13.8 Å². The normalized spacial score (nSPS) is 33.0. The van der Waals surface area contributed by atoms with E-state index in [0.717, 1.165) is 32.8 Å². The summed E-state index contributed by atoms with van der Waals surface area (Å²) >= 11 is 1.58. The first-order valence-corrected chi connectivity index (χ1v) is 10.1. The van der Waals surface area contributed by atoms with Crippen LogP contribution in [0.15, 0.2) is 6.33 Å². The van der Waals surface area contributed by atoms with Crippen LogP contribution in [0.3, 0.4) is 0 Å². The van der Waals surface area contributed by atoms with Crippen molar-refractivity contribution in [2.45, 2.75) is 52.0 Å². The smallest absolute Gasteiger partial charge is 0.254 e. The van der Waals surface area contributed by atoms with Crippen LogP contribution < -0.4 is 5.32 Å². The van der Waals surface area contributed by atoms with Gasteiger partial charge in [0.1, 0.15) is 11.3 Å². The zero-order chi connectivity index (χ0) is 17.1. The summed E-state index contributed by atoms with van der Waals surface area (Å²) < 4.78 is 1.61. The van der Waals surface area contributed by atoms with Crippen LogP contribution in [-0.2, 0) is 0 Å². The molecular formula is C18H23N5OS. The highest BCUT2D eigenvalue weighted by atomic mass is 32.1. The lowest BCUT2D eigenvalue weighted by atomic mass is 9.54. The number of nitrogens with one attached hydrogen (secondary N) is 1. The van der Waals surface area contributed by atoms with E-state index >= 15 is 0 Å². The van der Waals surface area contributed by atoms with E-state index in [-0.39, 0.29) is 5.91 Å². The van der Waals surface area contributed by atoms with Gasteiger partial charge in [-0.2, -0.15) is 4.68 Å². The van der Waals surface area contributed by atoms with Gasteiger partial charge in [0.05, 0.1) is 5.56 Å². The molecule has 6 nitrogen and oxygen atoms in total. The van der Waals surface area contributed by atoms with E-state index in [2.05, 4.69) is 20.8 Å². The molecule has 25 heavy (non-hydrogen) atoms. The number of aryl methyl sites for hydroxylation is 1. The molecule has 4 fully saturated rings. The highest BCUT2D eigenvalue weighted by molar-refractivity contribution is 7.15. The van der Waals surface area contributed by atoms with Gasteiger partial charge in [-0.15, -0.1) is 16.4 Å². The molecule has 0 radical (unpaired) electrons. The summed E-state index contributed by atoms with van der Waals surface area (Å²) in [5, 5.41) is 15.7. The van der Waals surface area contributed by atoms with Crippen LogP contribution >= 0.6 is 11.3 Å². The summed E-state index contributed by atoms with van der Waals surface area (Å²) in [5.74, 6) is 3.23. The minimum absolute atomic E-state index is 0.0461. The van der Waals surface area contributed by atoms with Gasteiger partial charge in [0.25, 0.3) is 5.91 Å². The van der Waals surface area contributed by atoms with Crippen molar-refractivity contribution in [2.24, 2.45) is 23.7 Å². The maximum Gasteiger partial charge on any atom is 0.254 e. The SMILES string of the molecule is Cc1sc(-n2cnnn2)c(C(=O)NC2C3CC4CC(C3)CC2C4)c1C. The number of tetrazole rings is 1. The molecule has 1 N–H and O–H groups in total. The Balaban J connectivity index is 1.44. The molecule has 0 atom stereocenters. The summed E-state index contributed by atoms with van der Waals surface area (Å²) in [5.41, 5.74) is 1.78. The van der Waals surface area contributed by atoms with Crippen molar-refractivity contribution < 1.29 is 4.79 Å². The highest BCUT2D eigenvalue weighted by Crippen LogP contribution is 2.53. The fourth-order valence-corrected chi connectivity index (χ4v) is 6.75. The minimum atomic E-state index is 0.0461. The van der Waals surface area contributed by atoms with Crippen molar-refractivity contribution in [1.29, 1.82) is 0 Å². The van der Waals surface area contributed by atoms with Crippen LogP contribution in [0.2, 0.25) is 0 Å². The lowest BCUT2D eigenvalue weighted by Gasteiger charge is -2.54. The summed E-state index contributed by atoms with van der Waals surface area (Å²) in [6.07, 6.45) is 8.21. The van der Waals surface area contributed by atoms with E-state index in [9.17, 15) is 4.79 Å². The second-order valence-electron chi connectivity index (χ2n) is 8.15. The molecule has 0 saturated heterocycles. The molecule has 132 valence electrons. The molecule has 0 aromatic carbocycles. The molecule has 4 saturated carbocycles. The largest absolute Gasteiger partial charge is 0.349 e. The third kappa shape index (κ3) is 2.43. The third-order valence-corrected chi connectivity index (χ3v) is 7.87. The van der Waals surface area contributed by atoms with E-state index < -0.39 is 0 Å². The van der Waals surface area contributed by atoms with Crippen LogP contribution in [0.1, 0.15) is 52.9 Å². The first-order chi connectivity index (χ1) is 12.1. The molecule has 0 unspecified atom stereocenters. The number of hydrogen-bond acceptors (Lipinski definition) is 5. The Hall–Kier alpha value is -1.76. The first kappa shape index (κ1) is 15.5. The van der Waals surface area contributed by atoms with E-state index in [4.69, 9.17) is 0 Å². The van der Waals surface area contributed by atoms with Gasteiger partial charge in [-0.3, -0.25) is 4.79 Å². The quantitative estimate of drug-likeness (QED) is 0.917. The standard InChI is InChI=1S/C18H23N5OS/c1-9-10(2)25-18(23-8-19-21-22-23)15(9)17(24)20-16-13-4-11-3-12(6-13)7-14(16)5-11/h8,11-14,16H,3-7H2,1-2H3,(H,20,24). The van der Waals surface area contributed by atoms with E-state index in [1.54, 1.807) is 22.3 Å². The third-order valence-electron chi connectivity index (χ3n) is 6.68. The van der Waals surface area contributed by atoms with Gasteiger partial charge in [0.2, 0.25) is 0 Å². The minimum Gasteiger partial charge on any atom is -0.349 e. The lowest BCUT2D eigenvalue weighted by Crippen LogP contribution is -2.55. The maximum absolute atomic E-state index is 13.2. The molecule has 1 amide bonds. The molecular weight excluding hydrogens is 334 g/mol. The monoisotopic (exact) mass is 357 g/mol.